The molecule has 30 heavy (non-hydrogen) atoms. The van der Waals surface area contributed by atoms with Gasteiger partial charge in [0.15, 0.2) is 0 Å². The Hall–Kier alpha value is -3.92. The summed E-state index contributed by atoms with van der Waals surface area (Å²) in [4.78, 5) is 10.9. The Morgan fingerprint density at radius 1 is 0.967 bits per heavy atom. The van der Waals surface area contributed by atoms with Crippen LogP contribution >= 0.6 is 0 Å². The first-order valence-electron chi connectivity index (χ1n) is 9.89. The molecular weight excluding hydrogens is 368 g/mol. The highest BCUT2D eigenvalue weighted by atomic mass is 15.2. The summed E-state index contributed by atoms with van der Waals surface area (Å²) in [5.74, 6) is 1.62. The van der Waals surface area contributed by atoms with Crippen LogP contribution in [0, 0.1) is 0 Å². The molecule has 0 saturated heterocycles. The van der Waals surface area contributed by atoms with Crippen molar-refractivity contribution in [1.29, 1.82) is 0 Å². The first kappa shape index (κ1) is 19.4. The number of aromatic nitrogens is 1. The number of rotatable bonds is 5. The van der Waals surface area contributed by atoms with E-state index in [-0.39, 0.29) is 0 Å². The lowest BCUT2D eigenvalue weighted by Crippen LogP contribution is -2.21. The van der Waals surface area contributed by atoms with Crippen molar-refractivity contribution in [3.63, 3.8) is 0 Å². The van der Waals surface area contributed by atoms with E-state index in [1.54, 1.807) is 12.4 Å². The number of pyridine rings is 1. The van der Waals surface area contributed by atoms with Gasteiger partial charge in [0.25, 0.3) is 0 Å². The average Bonchev–Trinajstić information content (AvgIpc) is 2.79. The first-order chi connectivity index (χ1) is 14.7. The lowest BCUT2D eigenvalue weighted by molar-refractivity contribution is 0.561. The van der Waals surface area contributed by atoms with Crippen LogP contribution in [0.3, 0.4) is 0 Å². The van der Waals surface area contributed by atoms with E-state index in [9.17, 15) is 0 Å². The molecule has 1 aromatic heterocycles. The van der Waals surface area contributed by atoms with Crippen LogP contribution in [-0.4, -0.2) is 22.8 Å². The molecule has 4 heteroatoms. The Morgan fingerprint density at radius 3 is 2.37 bits per heavy atom. The number of aliphatic imine (C=N–C) groups is 1. The predicted molar refractivity (Wildman–Crippen MR) is 125 cm³/mol. The molecule has 0 fully saturated rings. The van der Waals surface area contributed by atoms with Gasteiger partial charge in [-0.3, -0.25) is 4.98 Å². The van der Waals surface area contributed by atoms with Crippen molar-refractivity contribution >= 4 is 17.1 Å². The molecule has 1 aliphatic heterocycles. The van der Waals surface area contributed by atoms with Crippen LogP contribution in [0.1, 0.15) is 16.7 Å². The molecule has 3 aromatic rings. The van der Waals surface area contributed by atoms with Gasteiger partial charge in [0.1, 0.15) is 11.7 Å². The Bertz CT molecular complexity index is 1090. The Balaban J connectivity index is 1.54. The van der Waals surface area contributed by atoms with E-state index in [4.69, 9.17) is 4.99 Å². The molecule has 1 N–H and O–H groups in total. The molecule has 1 aliphatic rings. The quantitative estimate of drug-likeness (QED) is 0.624. The van der Waals surface area contributed by atoms with Gasteiger partial charge in [-0.15, -0.1) is 0 Å². The van der Waals surface area contributed by atoms with E-state index in [0.717, 1.165) is 34.9 Å². The predicted octanol–water partition coefficient (Wildman–Crippen LogP) is 5.50. The summed E-state index contributed by atoms with van der Waals surface area (Å²) in [5.41, 5.74) is 5.58. The minimum atomic E-state index is 0.785. The third kappa shape index (κ3) is 4.55. The number of allylic oxidation sites excluding steroid dienone is 2. The van der Waals surface area contributed by atoms with Gasteiger partial charge >= 0.3 is 0 Å². The number of amidine groups is 1. The molecule has 2 aromatic carbocycles. The topological polar surface area (TPSA) is 40.5 Å². The maximum atomic E-state index is 4.83. The van der Waals surface area contributed by atoms with Crippen LogP contribution in [0.5, 0.6) is 0 Å². The van der Waals surface area contributed by atoms with Gasteiger partial charge < -0.3 is 10.2 Å². The summed E-state index contributed by atoms with van der Waals surface area (Å²) >= 11 is 0. The van der Waals surface area contributed by atoms with Gasteiger partial charge in [0, 0.05) is 36.9 Å². The van der Waals surface area contributed by atoms with E-state index in [1.165, 1.54) is 11.1 Å². The Labute approximate surface area is 177 Å². The van der Waals surface area contributed by atoms with Crippen molar-refractivity contribution in [3.8, 4) is 0 Å². The third-order valence-electron chi connectivity index (χ3n) is 4.93. The molecular formula is C26H24N4. The fraction of sp³-hybridized carbons (Fsp3) is 0.0769. The molecule has 0 spiro atoms. The second-order valence-corrected chi connectivity index (χ2v) is 7.09. The molecule has 4 nitrogen and oxygen atoms in total. The van der Waals surface area contributed by atoms with E-state index in [0.29, 0.717) is 0 Å². The second-order valence-electron chi connectivity index (χ2n) is 7.09. The van der Waals surface area contributed by atoms with E-state index in [1.807, 2.05) is 48.5 Å². The minimum absolute atomic E-state index is 0.785. The molecule has 0 unspecified atom stereocenters. The zero-order chi connectivity index (χ0) is 20.8. The highest BCUT2D eigenvalue weighted by Crippen LogP contribution is 2.25. The van der Waals surface area contributed by atoms with Gasteiger partial charge in [0.05, 0.1) is 0 Å². The minimum Gasteiger partial charge on any atom is -0.340 e. The largest absolute Gasteiger partial charge is 0.340 e. The zero-order valence-electron chi connectivity index (χ0n) is 17.0. The highest BCUT2D eigenvalue weighted by molar-refractivity contribution is 6.05. The number of nitrogens with one attached hydrogen (secondary N) is 1. The molecule has 0 radical (unpaired) electrons. The molecule has 0 saturated carbocycles. The van der Waals surface area contributed by atoms with E-state index < -0.39 is 0 Å². The number of hydrogen-bond acceptors (Lipinski definition) is 4. The van der Waals surface area contributed by atoms with Crippen LogP contribution in [-0.2, 0) is 6.42 Å². The van der Waals surface area contributed by atoms with Crippen molar-refractivity contribution in [3.05, 3.63) is 127 Å². The number of anilines is 1. The summed E-state index contributed by atoms with van der Waals surface area (Å²) in [7, 11) is 1.98. The van der Waals surface area contributed by atoms with E-state index >= 15 is 0 Å². The smallest absolute Gasteiger partial charge is 0.142 e. The zero-order valence-corrected chi connectivity index (χ0v) is 17.0. The first-order valence-corrected chi connectivity index (χ1v) is 9.89. The monoisotopic (exact) mass is 392 g/mol. The molecule has 0 amide bonds. The molecule has 148 valence electrons. The second kappa shape index (κ2) is 9.05. The third-order valence-corrected chi connectivity index (χ3v) is 4.93. The summed E-state index contributed by atoms with van der Waals surface area (Å²) < 4.78 is 0. The van der Waals surface area contributed by atoms with Crippen molar-refractivity contribution in [1.82, 2.24) is 9.88 Å². The van der Waals surface area contributed by atoms with Crippen LogP contribution in [0.15, 0.2) is 115 Å². The fourth-order valence-corrected chi connectivity index (χ4v) is 3.36. The molecule has 0 aliphatic carbocycles. The van der Waals surface area contributed by atoms with Crippen LogP contribution in [0.4, 0.5) is 5.69 Å². The van der Waals surface area contributed by atoms with Gasteiger partial charge in [-0.05, 0) is 53.5 Å². The van der Waals surface area contributed by atoms with Crippen molar-refractivity contribution in [2.75, 3.05) is 12.4 Å². The standard InChI is InChI=1S/C26H24N4/c1-3-24(22-13-16-27-17-14-22)26-29-25(15-18-30(26)2)28-23-11-9-21(10-12-23)19-20-7-5-4-6-8-20/h3-18H,1,19H2,2H3,(H,28,29)/b26-24+. The van der Waals surface area contributed by atoms with Gasteiger partial charge in [-0.1, -0.05) is 55.1 Å². The SMILES string of the molecule is C=C/C(=C1/N=C(Nc2ccc(Cc3ccccc3)cc2)C=CN1C)c1ccncc1. The molecule has 4 rings (SSSR count). The maximum absolute atomic E-state index is 4.83. The normalized spacial score (nSPS) is 14.8. The van der Waals surface area contributed by atoms with Crippen LogP contribution in [0.2, 0.25) is 0 Å². The van der Waals surface area contributed by atoms with Gasteiger partial charge in [0.2, 0.25) is 0 Å². The summed E-state index contributed by atoms with van der Waals surface area (Å²) in [5, 5.41) is 3.41. The van der Waals surface area contributed by atoms with Crippen LogP contribution in [0.25, 0.3) is 5.57 Å². The molecule has 0 atom stereocenters. The number of nitrogens with zero attached hydrogens (tertiary/aromatic N) is 3. The van der Waals surface area contributed by atoms with Crippen molar-refractivity contribution in [2.45, 2.75) is 6.42 Å². The highest BCUT2D eigenvalue weighted by Gasteiger charge is 2.14. The average molecular weight is 393 g/mol. The van der Waals surface area contributed by atoms with Crippen molar-refractivity contribution in [2.24, 2.45) is 4.99 Å². The van der Waals surface area contributed by atoms with E-state index in [2.05, 4.69) is 65.4 Å². The molecule has 0 bridgehead atoms. The summed E-state index contributed by atoms with van der Waals surface area (Å²) in [6, 6.07) is 22.9. The van der Waals surface area contributed by atoms with Crippen molar-refractivity contribution < 1.29 is 0 Å². The lowest BCUT2D eigenvalue weighted by atomic mass is 10.0. The maximum Gasteiger partial charge on any atom is 0.142 e. The Kier molecular flexibility index (Phi) is 5.85. The lowest BCUT2D eigenvalue weighted by Gasteiger charge is -2.23. The molecule has 2 heterocycles. The van der Waals surface area contributed by atoms with Crippen LogP contribution < -0.4 is 5.32 Å². The number of benzene rings is 2. The Morgan fingerprint density at radius 2 is 1.67 bits per heavy atom. The van der Waals surface area contributed by atoms with Gasteiger partial charge in [-0.2, -0.15) is 0 Å². The van der Waals surface area contributed by atoms with Gasteiger partial charge in [-0.25, -0.2) is 4.99 Å². The summed E-state index contributed by atoms with van der Waals surface area (Å²) in [6.07, 6.45) is 10.3. The number of hydrogen-bond donors (Lipinski definition) is 1. The summed E-state index contributed by atoms with van der Waals surface area (Å²) in [6.45, 7) is 3.98. The fourth-order valence-electron chi connectivity index (χ4n) is 3.36.